The third-order valence-electron chi connectivity index (χ3n) is 2.31. The summed E-state index contributed by atoms with van der Waals surface area (Å²) in [6.07, 6.45) is 0. The van der Waals surface area contributed by atoms with E-state index in [-0.39, 0.29) is 0 Å². The quantitative estimate of drug-likeness (QED) is 0.708. The minimum atomic E-state index is -2.74. The van der Waals surface area contributed by atoms with Gasteiger partial charge in [0.15, 0.2) is 0 Å². The molecule has 1 heterocycles. The van der Waals surface area contributed by atoms with E-state index in [9.17, 15) is 13.6 Å². The van der Waals surface area contributed by atoms with Crippen LogP contribution in [0.3, 0.4) is 0 Å². The highest BCUT2D eigenvalue weighted by Gasteiger charge is 2.46. The molecule has 0 aromatic heterocycles. The van der Waals surface area contributed by atoms with Crippen molar-refractivity contribution in [1.29, 1.82) is 0 Å². The number of amides is 1. The van der Waals surface area contributed by atoms with Gasteiger partial charge in [-0.3, -0.25) is 4.79 Å². The van der Waals surface area contributed by atoms with E-state index in [0.717, 1.165) is 4.90 Å². The monoisotopic (exact) mass is 357 g/mol. The summed E-state index contributed by atoms with van der Waals surface area (Å²) in [5.74, 6) is -3.13. The molecule has 1 fully saturated rings. The van der Waals surface area contributed by atoms with Gasteiger partial charge in [0.2, 0.25) is 0 Å². The Hall–Kier alpha value is -0.430. The van der Waals surface area contributed by atoms with Crippen LogP contribution in [0.4, 0.5) is 8.78 Å². The van der Waals surface area contributed by atoms with E-state index in [4.69, 9.17) is 11.6 Å². The first-order chi connectivity index (χ1) is 7.41. The van der Waals surface area contributed by atoms with Gasteiger partial charge < -0.3 is 4.90 Å². The second kappa shape index (κ2) is 4.10. The van der Waals surface area contributed by atoms with E-state index < -0.39 is 24.9 Å². The maximum absolute atomic E-state index is 12.6. The fourth-order valence-electron chi connectivity index (χ4n) is 1.50. The van der Waals surface area contributed by atoms with E-state index in [2.05, 4.69) is 0 Å². The molecular formula is C10H7ClF2INO. The van der Waals surface area contributed by atoms with E-state index in [0.29, 0.717) is 14.2 Å². The lowest BCUT2D eigenvalue weighted by Gasteiger charge is -2.38. The Morgan fingerprint density at radius 1 is 1.44 bits per heavy atom. The fourth-order valence-corrected chi connectivity index (χ4v) is 2.26. The summed E-state index contributed by atoms with van der Waals surface area (Å²) in [6, 6.07) is 4.88. The zero-order valence-corrected chi connectivity index (χ0v) is 10.9. The van der Waals surface area contributed by atoms with Gasteiger partial charge in [-0.05, 0) is 34.7 Å². The first kappa shape index (κ1) is 12.0. The number of nitrogens with zero attached hydrogens (tertiary/aromatic N) is 1. The minimum Gasteiger partial charge on any atom is -0.326 e. The summed E-state index contributed by atoms with van der Waals surface area (Å²) in [6.45, 7) is -1.01. The van der Waals surface area contributed by atoms with Gasteiger partial charge in [0.1, 0.15) is 0 Å². The molecular weight excluding hydrogens is 350 g/mol. The molecule has 0 N–H and O–H groups in total. The lowest BCUT2D eigenvalue weighted by Crippen LogP contribution is -2.58. The van der Waals surface area contributed by atoms with Gasteiger partial charge in [-0.1, -0.05) is 17.7 Å². The lowest BCUT2D eigenvalue weighted by molar-refractivity contribution is -0.113. The van der Waals surface area contributed by atoms with Crippen molar-refractivity contribution in [3.05, 3.63) is 32.4 Å². The third kappa shape index (κ3) is 2.15. The molecule has 0 atom stereocenters. The van der Waals surface area contributed by atoms with Gasteiger partial charge in [0.25, 0.3) is 11.8 Å². The molecule has 0 aliphatic carbocycles. The number of benzene rings is 1. The van der Waals surface area contributed by atoms with Crippen molar-refractivity contribution >= 4 is 40.1 Å². The van der Waals surface area contributed by atoms with E-state index in [1.807, 2.05) is 22.6 Å². The highest BCUT2D eigenvalue weighted by atomic mass is 127. The van der Waals surface area contributed by atoms with Crippen LogP contribution in [-0.2, 0) is 0 Å². The number of carbonyl (C=O) groups excluding carboxylic acids is 1. The van der Waals surface area contributed by atoms with Crippen LogP contribution in [0.5, 0.6) is 0 Å². The summed E-state index contributed by atoms with van der Waals surface area (Å²) >= 11 is 7.79. The summed E-state index contributed by atoms with van der Waals surface area (Å²) in [5.41, 5.74) is 0.378. The van der Waals surface area contributed by atoms with Gasteiger partial charge in [0, 0.05) is 3.57 Å². The van der Waals surface area contributed by atoms with Crippen molar-refractivity contribution < 1.29 is 13.6 Å². The SMILES string of the molecule is O=C(c1cccc(Cl)c1I)N1CC(F)(F)C1. The smallest absolute Gasteiger partial charge is 0.282 e. The Bertz CT molecular complexity index is 444. The normalized spacial score (nSPS) is 18.1. The minimum absolute atomic E-state index is 0.378. The van der Waals surface area contributed by atoms with Crippen molar-refractivity contribution in [2.45, 2.75) is 5.92 Å². The molecule has 1 aromatic rings. The molecule has 0 spiro atoms. The van der Waals surface area contributed by atoms with Gasteiger partial charge >= 0.3 is 0 Å². The van der Waals surface area contributed by atoms with Crippen molar-refractivity contribution in [2.75, 3.05) is 13.1 Å². The molecule has 86 valence electrons. The Morgan fingerprint density at radius 3 is 2.62 bits per heavy atom. The molecule has 0 bridgehead atoms. The molecule has 0 radical (unpaired) electrons. The standard InChI is InChI=1S/C10H7ClF2INO/c11-7-3-1-2-6(8(7)14)9(16)15-4-10(12,13)5-15/h1-3H,4-5H2. The molecule has 1 aliphatic rings. The van der Waals surface area contributed by atoms with Crippen LogP contribution in [-0.4, -0.2) is 29.8 Å². The van der Waals surface area contributed by atoms with E-state index >= 15 is 0 Å². The Labute approximate surface area is 110 Å². The number of rotatable bonds is 1. The van der Waals surface area contributed by atoms with E-state index in [1.54, 1.807) is 18.2 Å². The molecule has 1 aromatic carbocycles. The Morgan fingerprint density at radius 2 is 2.06 bits per heavy atom. The summed E-state index contributed by atoms with van der Waals surface area (Å²) in [5, 5.41) is 0.457. The van der Waals surface area contributed by atoms with Crippen LogP contribution in [0, 0.1) is 3.57 Å². The van der Waals surface area contributed by atoms with Crippen LogP contribution >= 0.6 is 34.2 Å². The number of hydrogen-bond acceptors (Lipinski definition) is 1. The zero-order chi connectivity index (χ0) is 11.9. The lowest BCUT2D eigenvalue weighted by atomic mass is 10.1. The van der Waals surface area contributed by atoms with Gasteiger partial charge in [0.05, 0.1) is 23.7 Å². The van der Waals surface area contributed by atoms with Gasteiger partial charge in [-0.25, -0.2) is 8.78 Å². The predicted octanol–water partition coefficient (Wildman–Crippen LogP) is 3.04. The molecule has 1 aliphatic heterocycles. The number of hydrogen-bond donors (Lipinski definition) is 0. The molecule has 2 nitrogen and oxygen atoms in total. The average molecular weight is 358 g/mol. The highest BCUT2D eigenvalue weighted by Crippen LogP contribution is 2.30. The van der Waals surface area contributed by atoms with Crippen molar-refractivity contribution in [2.24, 2.45) is 0 Å². The zero-order valence-electron chi connectivity index (χ0n) is 8.01. The Kier molecular flexibility index (Phi) is 3.09. The molecule has 0 saturated carbocycles. The second-order valence-electron chi connectivity index (χ2n) is 3.62. The maximum Gasteiger partial charge on any atom is 0.282 e. The average Bonchev–Trinajstić information content (AvgIpc) is 2.17. The first-order valence-corrected chi connectivity index (χ1v) is 5.97. The van der Waals surface area contributed by atoms with Crippen LogP contribution in [0.1, 0.15) is 10.4 Å². The largest absolute Gasteiger partial charge is 0.326 e. The number of halogens is 4. The van der Waals surface area contributed by atoms with Gasteiger partial charge in [-0.15, -0.1) is 0 Å². The molecule has 2 rings (SSSR count). The molecule has 1 amide bonds. The Balaban J connectivity index is 2.20. The number of carbonyl (C=O) groups is 1. The van der Waals surface area contributed by atoms with Crippen molar-refractivity contribution in [1.82, 2.24) is 4.90 Å². The van der Waals surface area contributed by atoms with Crippen LogP contribution in [0.2, 0.25) is 5.02 Å². The van der Waals surface area contributed by atoms with E-state index in [1.165, 1.54) is 0 Å². The molecule has 0 unspecified atom stereocenters. The first-order valence-electron chi connectivity index (χ1n) is 4.52. The maximum atomic E-state index is 12.6. The predicted molar refractivity (Wildman–Crippen MR) is 65.0 cm³/mol. The van der Waals surface area contributed by atoms with Crippen LogP contribution < -0.4 is 0 Å². The van der Waals surface area contributed by atoms with Crippen molar-refractivity contribution in [3.8, 4) is 0 Å². The highest BCUT2D eigenvalue weighted by molar-refractivity contribution is 14.1. The molecule has 1 saturated heterocycles. The topological polar surface area (TPSA) is 20.3 Å². The fraction of sp³-hybridized carbons (Fsp3) is 0.300. The molecule has 6 heteroatoms. The number of alkyl halides is 2. The number of likely N-dealkylation sites (tertiary alicyclic amines) is 1. The van der Waals surface area contributed by atoms with Crippen LogP contribution in [0.25, 0.3) is 0 Å². The summed E-state index contributed by atoms with van der Waals surface area (Å²) in [7, 11) is 0. The molecule has 16 heavy (non-hydrogen) atoms. The van der Waals surface area contributed by atoms with Crippen LogP contribution in [0.15, 0.2) is 18.2 Å². The van der Waals surface area contributed by atoms with Crippen molar-refractivity contribution in [3.63, 3.8) is 0 Å². The summed E-state index contributed by atoms with van der Waals surface area (Å²) in [4.78, 5) is 12.9. The summed E-state index contributed by atoms with van der Waals surface area (Å²) < 4.78 is 25.8. The third-order valence-corrected chi connectivity index (χ3v) is 4.11. The second-order valence-corrected chi connectivity index (χ2v) is 5.10. The van der Waals surface area contributed by atoms with Gasteiger partial charge in [-0.2, -0.15) is 0 Å².